The van der Waals surface area contributed by atoms with Crippen LogP contribution in [0.1, 0.15) is 0 Å². The molecule has 3 heteroatoms. The third kappa shape index (κ3) is 2.86. The van der Waals surface area contributed by atoms with Crippen LogP contribution in [0.15, 0.2) is 60.2 Å². The highest BCUT2D eigenvalue weighted by atomic mass is 32.1. The van der Waals surface area contributed by atoms with E-state index in [1.165, 1.54) is 10.1 Å². The second kappa shape index (κ2) is 5.22. The Labute approximate surface area is 92.2 Å². The molecule has 0 saturated heterocycles. The van der Waals surface area contributed by atoms with Crippen molar-refractivity contribution in [2.45, 2.75) is 0 Å². The lowest BCUT2D eigenvalue weighted by molar-refractivity contribution is 1.03. The van der Waals surface area contributed by atoms with Gasteiger partial charge >= 0.3 is 0 Å². The number of nitrogens with zero attached hydrogens (tertiary/aromatic N) is 2. The van der Waals surface area contributed by atoms with Crippen molar-refractivity contribution in [2.75, 3.05) is 0 Å². The van der Waals surface area contributed by atoms with E-state index in [1.54, 1.807) is 23.7 Å². The Hall–Kier alpha value is -1.74. The van der Waals surface area contributed by atoms with Gasteiger partial charge in [0.2, 0.25) is 0 Å². The van der Waals surface area contributed by atoms with E-state index in [1.807, 2.05) is 12.1 Å². The predicted octanol–water partition coefficient (Wildman–Crippen LogP) is 3.38. The maximum absolute atomic E-state index is 3.53. The molecule has 0 unspecified atom stereocenters. The predicted molar refractivity (Wildman–Crippen MR) is 63.9 cm³/mol. The average molecular weight is 214 g/mol. The SMILES string of the molecule is c1ccc2sccc2c1.c1ccnnc1. The summed E-state index contributed by atoms with van der Waals surface area (Å²) in [7, 11) is 0. The highest BCUT2D eigenvalue weighted by Crippen LogP contribution is 2.18. The van der Waals surface area contributed by atoms with Crippen molar-refractivity contribution < 1.29 is 0 Å². The molecule has 3 rings (SSSR count). The van der Waals surface area contributed by atoms with Gasteiger partial charge in [-0.2, -0.15) is 10.2 Å². The van der Waals surface area contributed by atoms with Gasteiger partial charge in [-0.1, -0.05) is 18.2 Å². The first-order chi connectivity index (χ1) is 7.47. The van der Waals surface area contributed by atoms with Crippen LogP contribution >= 0.6 is 11.3 Å². The summed E-state index contributed by atoms with van der Waals surface area (Å²) in [5.74, 6) is 0. The molecule has 1 aromatic carbocycles. The highest BCUT2D eigenvalue weighted by Gasteiger charge is 1.87. The minimum absolute atomic E-state index is 1.35. The first-order valence-electron chi connectivity index (χ1n) is 4.61. The molecular weight excluding hydrogens is 204 g/mol. The lowest BCUT2D eigenvalue weighted by atomic mass is 10.3. The van der Waals surface area contributed by atoms with Crippen molar-refractivity contribution in [3.63, 3.8) is 0 Å². The van der Waals surface area contributed by atoms with E-state index >= 15 is 0 Å². The largest absolute Gasteiger partial charge is 0.159 e. The summed E-state index contributed by atoms with van der Waals surface area (Å²) in [5.41, 5.74) is 0. The van der Waals surface area contributed by atoms with Gasteiger partial charge in [-0.15, -0.1) is 11.3 Å². The molecule has 0 atom stereocenters. The molecule has 3 aromatic rings. The van der Waals surface area contributed by atoms with Crippen molar-refractivity contribution in [3.05, 3.63) is 60.2 Å². The monoisotopic (exact) mass is 214 g/mol. The summed E-state index contributed by atoms with van der Waals surface area (Å²) in [6, 6.07) is 14.2. The summed E-state index contributed by atoms with van der Waals surface area (Å²) in [6.45, 7) is 0. The maximum Gasteiger partial charge on any atom is 0.0496 e. The minimum Gasteiger partial charge on any atom is -0.159 e. The van der Waals surface area contributed by atoms with Crippen LogP contribution < -0.4 is 0 Å². The Morgan fingerprint density at radius 1 is 0.800 bits per heavy atom. The van der Waals surface area contributed by atoms with Gasteiger partial charge in [0.1, 0.15) is 0 Å². The van der Waals surface area contributed by atoms with E-state index < -0.39 is 0 Å². The van der Waals surface area contributed by atoms with Crippen LogP contribution in [0, 0.1) is 0 Å². The van der Waals surface area contributed by atoms with E-state index in [0.29, 0.717) is 0 Å². The first-order valence-corrected chi connectivity index (χ1v) is 5.49. The van der Waals surface area contributed by atoms with Crippen LogP contribution in [-0.4, -0.2) is 10.2 Å². The molecule has 0 amide bonds. The zero-order chi connectivity index (χ0) is 10.3. The lowest BCUT2D eigenvalue weighted by Crippen LogP contribution is -1.69. The number of hydrogen-bond acceptors (Lipinski definition) is 3. The third-order valence-corrected chi connectivity index (χ3v) is 2.74. The van der Waals surface area contributed by atoms with E-state index in [0.717, 1.165) is 0 Å². The Bertz CT molecular complexity index is 448. The smallest absolute Gasteiger partial charge is 0.0496 e. The number of fused-ring (bicyclic) bond motifs is 1. The molecule has 2 nitrogen and oxygen atoms in total. The van der Waals surface area contributed by atoms with Gasteiger partial charge in [-0.25, -0.2) is 0 Å². The fourth-order valence-corrected chi connectivity index (χ4v) is 1.95. The topological polar surface area (TPSA) is 25.8 Å². The van der Waals surface area contributed by atoms with Crippen LogP contribution in [0.5, 0.6) is 0 Å². The Morgan fingerprint density at radius 3 is 2.13 bits per heavy atom. The standard InChI is InChI=1S/C8H6S.C4H4N2/c1-2-4-8-7(3-1)5-6-9-8;1-2-4-6-5-3-1/h1-6H;1-4H. The van der Waals surface area contributed by atoms with Crippen LogP contribution in [0.25, 0.3) is 10.1 Å². The molecule has 0 radical (unpaired) electrons. The van der Waals surface area contributed by atoms with E-state index in [9.17, 15) is 0 Å². The molecule has 2 aromatic heterocycles. The average Bonchev–Trinajstić information content (AvgIpc) is 2.80. The Morgan fingerprint density at radius 2 is 1.53 bits per heavy atom. The van der Waals surface area contributed by atoms with Gasteiger partial charge in [-0.3, -0.25) is 0 Å². The molecule has 0 fully saturated rings. The summed E-state index contributed by atoms with van der Waals surface area (Å²) in [4.78, 5) is 0. The summed E-state index contributed by atoms with van der Waals surface area (Å²) >= 11 is 1.79. The fraction of sp³-hybridized carbons (Fsp3) is 0. The lowest BCUT2D eigenvalue weighted by Gasteiger charge is -1.82. The number of hydrogen-bond donors (Lipinski definition) is 0. The summed E-state index contributed by atoms with van der Waals surface area (Å²) < 4.78 is 1.37. The fourth-order valence-electron chi connectivity index (χ4n) is 1.16. The van der Waals surface area contributed by atoms with Gasteiger partial charge in [0.15, 0.2) is 0 Å². The molecule has 15 heavy (non-hydrogen) atoms. The van der Waals surface area contributed by atoms with Crippen molar-refractivity contribution in [1.29, 1.82) is 0 Å². The van der Waals surface area contributed by atoms with Crippen molar-refractivity contribution in [1.82, 2.24) is 10.2 Å². The third-order valence-electron chi connectivity index (χ3n) is 1.84. The van der Waals surface area contributed by atoms with Crippen molar-refractivity contribution in [3.8, 4) is 0 Å². The molecule has 0 saturated carbocycles. The maximum atomic E-state index is 3.53. The van der Waals surface area contributed by atoms with Crippen LogP contribution in [-0.2, 0) is 0 Å². The summed E-state index contributed by atoms with van der Waals surface area (Å²) in [5, 5.41) is 10.5. The first kappa shape index (κ1) is 9.80. The molecule has 0 spiro atoms. The van der Waals surface area contributed by atoms with Crippen molar-refractivity contribution in [2.24, 2.45) is 0 Å². The molecule has 0 aliphatic heterocycles. The molecule has 0 bridgehead atoms. The zero-order valence-corrected chi connectivity index (χ0v) is 8.89. The Kier molecular flexibility index (Phi) is 3.41. The van der Waals surface area contributed by atoms with Gasteiger partial charge in [0, 0.05) is 17.1 Å². The van der Waals surface area contributed by atoms with E-state index in [2.05, 4.69) is 45.9 Å². The highest BCUT2D eigenvalue weighted by molar-refractivity contribution is 7.17. The van der Waals surface area contributed by atoms with E-state index in [-0.39, 0.29) is 0 Å². The van der Waals surface area contributed by atoms with Gasteiger partial charge in [-0.05, 0) is 35.0 Å². The number of rotatable bonds is 0. The van der Waals surface area contributed by atoms with E-state index in [4.69, 9.17) is 0 Å². The van der Waals surface area contributed by atoms with Crippen molar-refractivity contribution >= 4 is 21.4 Å². The molecule has 74 valence electrons. The molecular formula is C12H10N2S. The van der Waals surface area contributed by atoms with Gasteiger partial charge < -0.3 is 0 Å². The Balaban J connectivity index is 0.000000124. The molecule has 0 aliphatic rings. The van der Waals surface area contributed by atoms with Crippen LogP contribution in [0.3, 0.4) is 0 Å². The summed E-state index contributed by atoms with van der Waals surface area (Å²) in [6.07, 6.45) is 3.28. The zero-order valence-electron chi connectivity index (χ0n) is 8.08. The van der Waals surface area contributed by atoms with Crippen LogP contribution in [0.4, 0.5) is 0 Å². The second-order valence-corrected chi connectivity index (χ2v) is 3.82. The van der Waals surface area contributed by atoms with Gasteiger partial charge in [0.05, 0.1) is 0 Å². The van der Waals surface area contributed by atoms with Crippen LogP contribution in [0.2, 0.25) is 0 Å². The molecule has 2 heterocycles. The number of benzene rings is 1. The number of thiophene rings is 1. The van der Waals surface area contributed by atoms with Gasteiger partial charge in [0.25, 0.3) is 0 Å². The molecule has 0 aliphatic carbocycles. The normalized spacial score (nSPS) is 9.33. The minimum atomic E-state index is 1.35. The quantitative estimate of drug-likeness (QED) is 0.573. The second-order valence-electron chi connectivity index (χ2n) is 2.87. The number of aromatic nitrogens is 2. The molecule has 0 N–H and O–H groups in total.